The van der Waals surface area contributed by atoms with Crippen molar-refractivity contribution in [1.82, 2.24) is 0 Å². The van der Waals surface area contributed by atoms with Crippen molar-refractivity contribution in [3.8, 4) is 0 Å². The fraction of sp³-hybridized carbons (Fsp3) is 0. The molecular formula is C7H10NSTb-. The Balaban J connectivity index is 0. The van der Waals surface area contributed by atoms with Crippen molar-refractivity contribution in [3.63, 3.8) is 0 Å². The maximum absolute atomic E-state index is 3.64. The van der Waals surface area contributed by atoms with Crippen molar-refractivity contribution in [3.05, 3.63) is 43.9 Å². The second-order valence-corrected chi connectivity index (χ2v) is 1.39. The van der Waals surface area contributed by atoms with Gasteiger partial charge in [-0.15, -0.1) is 0 Å². The van der Waals surface area contributed by atoms with Gasteiger partial charge in [0.2, 0.25) is 0 Å². The summed E-state index contributed by atoms with van der Waals surface area (Å²) >= 11 is 3.28. The van der Waals surface area contributed by atoms with Crippen LogP contribution in [0, 0.1) is 51.9 Å². The van der Waals surface area contributed by atoms with Gasteiger partial charge in [-0.05, 0) is 0 Å². The molecule has 0 spiro atoms. The number of pyridine rings is 1. The van der Waals surface area contributed by atoms with Crippen molar-refractivity contribution in [1.29, 1.82) is 0 Å². The summed E-state index contributed by atoms with van der Waals surface area (Å²) in [4.78, 5) is 0. The quantitative estimate of drug-likeness (QED) is 0.418. The molecule has 0 aliphatic rings. The van der Waals surface area contributed by atoms with Crippen LogP contribution in [0.3, 0.4) is 0 Å². The molecule has 0 N–H and O–H groups in total. The van der Waals surface area contributed by atoms with Gasteiger partial charge >= 0.3 is 0 Å². The van der Waals surface area contributed by atoms with E-state index in [0.29, 0.717) is 0 Å². The number of rotatable bonds is 0. The summed E-state index contributed by atoms with van der Waals surface area (Å²) in [6, 6.07) is 5.84. The summed E-state index contributed by atoms with van der Waals surface area (Å²) in [5.74, 6) is 0. The van der Waals surface area contributed by atoms with Crippen LogP contribution in [0.5, 0.6) is 0 Å². The van der Waals surface area contributed by atoms with Gasteiger partial charge in [0.05, 0.1) is 12.4 Å². The van der Waals surface area contributed by atoms with Crippen LogP contribution >= 0.6 is 12.6 Å². The van der Waals surface area contributed by atoms with E-state index in [0.717, 1.165) is 0 Å². The maximum atomic E-state index is 3.64. The average Bonchev–Trinajstić information content (AvgIpc) is 1.94. The van der Waals surface area contributed by atoms with Gasteiger partial charge in [0.1, 0.15) is 0 Å². The van der Waals surface area contributed by atoms with E-state index in [2.05, 4.69) is 25.9 Å². The van der Waals surface area contributed by atoms with Gasteiger partial charge < -0.3 is 17.2 Å². The standard InChI is InChI=1S/C6H7N.CH3S.Tb/c1-7-5-3-2-4-6-7;1-2;/h2-6H,1H2;2H,1H2;/q;-1;. The molecule has 10 heavy (non-hydrogen) atoms. The molecule has 0 bridgehead atoms. The number of nitrogens with zero attached hydrogens (tertiary/aromatic N) is 1. The second kappa shape index (κ2) is 9.66. The molecule has 0 aromatic carbocycles. The van der Waals surface area contributed by atoms with E-state index >= 15 is 0 Å². The van der Waals surface area contributed by atoms with E-state index in [1.807, 2.05) is 30.6 Å². The molecule has 1 aromatic heterocycles. The molecule has 0 atom stereocenters. The van der Waals surface area contributed by atoms with Crippen molar-refractivity contribution in [2.45, 2.75) is 0 Å². The molecule has 0 fully saturated rings. The zero-order valence-electron chi connectivity index (χ0n) is 5.53. The molecule has 0 saturated heterocycles. The molecule has 1 aromatic rings. The van der Waals surface area contributed by atoms with E-state index in [1.165, 1.54) is 0 Å². The van der Waals surface area contributed by atoms with Gasteiger partial charge in [-0.1, -0.05) is 18.2 Å². The molecule has 0 unspecified atom stereocenters. The molecule has 0 saturated carbocycles. The van der Waals surface area contributed by atoms with Crippen LogP contribution in [0.25, 0.3) is 0 Å². The first-order valence-electron chi connectivity index (χ1n) is 2.48. The van der Waals surface area contributed by atoms with Gasteiger partial charge in [0, 0.05) is 45.7 Å². The number of hydrogen-bond donors (Lipinski definition) is 1. The van der Waals surface area contributed by atoms with Crippen molar-refractivity contribution in [2.24, 2.45) is 0 Å². The van der Waals surface area contributed by atoms with Crippen LogP contribution in [0.15, 0.2) is 30.6 Å². The van der Waals surface area contributed by atoms with Gasteiger partial charge in [-0.2, -0.15) is 0 Å². The Labute approximate surface area is 98.7 Å². The summed E-state index contributed by atoms with van der Waals surface area (Å²) in [5, 5.41) is 0. The minimum absolute atomic E-state index is 0. The second-order valence-electron chi connectivity index (χ2n) is 1.39. The molecule has 59 valence electrons. The first-order chi connectivity index (χ1) is 4.39. The molecule has 1 rings (SSSR count). The van der Waals surface area contributed by atoms with Crippen LogP contribution in [0.2, 0.25) is 0 Å². The van der Waals surface area contributed by atoms with E-state index in [9.17, 15) is 0 Å². The van der Waals surface area contributed by atoms with Gasteiger partial charge in [0.15, 0.2) is 0 Å². The third-order valence-corrected chi connectivity index (χ3v) is 0.777. The van der Waals surface area contributed by atoms with Gasteiger partial charge in [-0.25, -0.2) is 0 Å². The molecule has 1 radical (unpaired) electrons. The van der Waals surface area contributed by atoms with Crippen LogP contribution in [-0.4, -0.2) is 0 Å². The van der Waals surface area contributed by atoms with Gasteiger partial charge in [0.25, 0.3) is 0 Å². The zero-order valence-corrected chi connectivity index (χ0v) is 8.56. The SMILES string of the molecule is [CH2-]S.[CH2-][n+]1ccccc1.[Tb]. The van der Waals surface area contributed by atoms with E-state index in [-0.39, 0.29) is 38.6 Å². The maximum Gasteiger partial charge on any atom is 0.0689 e. The Bertz CT molecular complexity index is 144. The third kappa shape index (κ3) is 6.77. The van der Waals surface area contributed by atoms with Crippen LogP contribution in [0.4, 0.5) is 0 Å². The number of hydrogen-bond acceptors (Lipinski definition) is 1. The first kappa shape index (κ1) is 13.3. The Morgan fingerprint density at radius 1 is 1.00 bits per heavy atom. The van der Waals surface area contributed by atoms with Crippen molar-refractivity contribution >= 4 is 12.6 Å². The summed E-state index contributed by atoms with van der Waals surface area (Å²) in [7, 11) is 3.64. The Morgan fingerprint density at radius 2 is 1.40 bits per heavy atom. The van der Waals surface area contributed by atoms with Crippen LogP contribution in [-0.2, 0) is 0 Å². The summed E-state index contributed by atoms with van der Waals surface area (Å²) < 4.78 is 1.75. The topological polar surface area (TPSA) is 3.88 Å². The monoisotopic (exact) mass is 299 g/mol. The minimum atomic E-state index is 0. The fourth-order valence-electron chi connectivity index (χ4n) is 0.434. The Hall–Kier alpha value is 0.656. The average molecular weight is 299 g/mol. The van der Waals surface area contributed by atoms with E-state index in [1.54, 1.807) is 4.57 Å². The largest absolute Gasteiger partial charge is 0.372 e. The summed E-state index contributed by atoms with van der Waals surface area (Å²) in [6.45, 7) is 0. The van der Waals surface area contributed by atoms with E-state index < -0.39 is 0 Å². The normalized spacial score (nSPS) is 6.60. The molecular weight excluding hydrogens is 289 g/mol. The predicted octanol–water partition coefficient (Wildman–Crippen LogP) is 1.32. The van der Waals surface area contributed by atoms with Crippen molar-refractivity contribution < 1.29 is 43.2 Å². The van der Waals surface area contributed by atoms with E-state index in [4.69, 9.17) is 0 Å². The summed E-state index contributed by atoms with van der Waals surface area (Å²) in [5.41, 5.74) is 0. The zero-order chi connectivity index (χ0) is 7.11. The molecule has 1 heterocycles. The Morgan fingerprint density at radius 3 is 1.60 bits per heavy atom. The fourth-order valence-corrected chi connectivity index (χ4v) is 0.434. The number of thiol groups is 1. The summed E-state index contributed by atoms with van der Waals surface area (Å²) in [6.07, 6.45) is 6.72. The smallest absolute Gasteiger partial charge is 0.0689 e. The Kier molecular flexibility index (Phi) is 12.8. The predicted molar refractivity (Wildman–Crippen MR) is 41.7 cm³/mol. The van der Waals surface area contributed by atoms with Crippen LogP contribution in [0.1, 0.15) is 0 Å². The molecule has 0 aliphatic carbocycles. The first-order valence-corrected chi connectivity index (χ1v) is 3.11. The molecule has 1 nitrogen and oxygen atoms in total. The molecule has 3 heteroatoms. The number of aromatic nitrogens is 1. The molecule has 0 aliphatic heterocycles. The molecule has 0 amide bonds. The van der Waals surface area contributed by atoms with Crippen LogP contribution < -0.4 is 4.57 Å². The third-order valence-electron chi connectivity index (χ3n) is 0.777. The van der Waals surface area contributed by atoms with Gasteiger partial charge in [-0.3, -0.25) is 6.26 Å². The van der Waals surface area contributed by atoms with Crippen molar-refractivity contribution in [2.75, 3.05) is 0 Å². The minimum Gasteiger partial charge on any atom is -0.372 e.